The van der Waals surface area contributed by atoms with Crippen molar-refractivity contribution in [3.8, 4) is 5.69 Å². The van der Waals surface area contributed by atoms with Gasteiger partial charge in [0.25, 0.3) is 0 Å². The summed E-state index contributed by atoms with van der Waals surface area (Å²) in [6.07, 6.45) is 2.65. The average molecular weight is 287 g/mol. The highest BCUT2D eigenvalue weighted by Gasteiger charge is 2.32. The molecule has 0 bridgehead atoms. The van der Waals surface area contributed by atoms with Gasteiger partial charge in [-0.2, -0.15) is 4.68 Å². The zero-order valence-corrected chi connectivity index (χ0v) is 11.5. The van der Waals surface area contributed by atoms with Crippen LogP contribution in [0.3, 0.4) is 0 Å². The number of benzene rings is 1. The number of nitrogens with one attached hydrogen (secondary N) is 1. The molecule has 2 aromatic rings. The Morgan fingerprint density at radius 2 is 2.14 bits per heavy atom. The summed E-state index contributed by atoms with van der Waals surface area (Å²) in [7, 11) is 0. The Morgan fingerprint density at radius 1 is 1.33 bits per heavy atom. The van der Waals surface area contributed by atoms with E-state index in [9.17, 15) is 9.90 Å². The van der Waals surface area contributed by atoms with Crippen LogP contribution in [0.4, 0.5) is 5.95 Å². The first-order chi connectivity index (χ1) is 10.3. The lowest BCUT2D eigenvalue weighted by Crippen LogP contribution is -2.25. The minimum absolute atomic E-state index is 0.128. The van der Waals surface area contributed by atoms with Crippen molar-refractivity contribution in [2.24, 2.45) is 11.8 Å². The van der Waals surface area contributed by atoms with Gasteiger partial charge in [0.1, 0.15) is 0 Å². The van der Waals surface area contributed by atoms with E-state index in [1.807, 2.05) is 30.3 Å². The van der Waals surface area contributed by atoms with Crippen molar-refractivity contribution >= 4 is 11.9 Å². The number of carboxylic acid groups (broad SMARTS) is 1. The van der Waals surface area contributed by atoms with Crippen LogP contribution in [0.5, 0.6) is 0 Å². The van der Waals surface area contributed by atoms with Crippen LogP contribution in [0, 0.1) is 11.8 Å². The summed E-state index contributed by atoms with van der Waals surface area (Å²) in [6.45, 7) is 0.574. The molecular formula is C14H17N5O2. The van der Waals surface area contributed by atoms with Crippen LogP contribution in [0.1, 0.15) is 19.3 Å². The average Bonchev–Trinajstić information content (AvgIpc) is 3.15. The molecule has 2 atom stereocenters. The molecule has 1 aromatic carbocycles. The highest BCUT2D eigenvalue weighted by atomic mass is 16.4. The van der Waals surface area contributed by atoms with E-state index in [-0.39, 0.29) is 11.8 Å². The number of carboxylic acids is 1. The summed E-state index contributed by atoms with van der Waals surface area (Å²) in [5.74, 6) is -0.304. The van der Waals surface area contributed by atoms with Crippen molar-refractivity contribution in [1.29, 1.82) is 0 Å². The Morgan fingerprint density at radius 3 is 2.90 bits per heavy atom. The zero-order valence-electron chi connectivity index (χ0n) is 11.5. The number of hydrogen-bond donors (Lipinski definition) is 2. The number of tetrazole rings is 1. The van der Waals surface area contributed by atoms with Crippen LogP contribution in [0.15, 0.2) is 30.3 Å². The van der Waals surface area contributed by atoms with Crippen molar-refractivity contribution in [2.75, 3.05) is 11.9 Å². The summed E-state index contributed by atoms with van der Waals surface area (Å²) in [6, 6.07) is 9.59. The lowest BCUT2D eigenvalue weighted by atomic mass is 9.96. The molecular weight excluding hydrogens is 270 g/mol. The largest absolute Gasteiger partial charge is 0.481 e. The van der Waals surface area contributed by atoms with Crippen LogP contribution in [-0.2, 0) is 4.79 Å². The second kappa shape index (κ2) is 5.90. The number of carbonyl (C=O) groups is 1. The SMILES string of the molecule is O=C(O)C1CCCC1CNc1nnnn1-c1ccccc1. The fraction of sp³-hybridized carbons (Fsp3) is 0.429. The van der Waals surface area contributed by atoms with Crippen LogP contribution < -0.4 is 5.32 Å². The lowest BCUT2D eigenvalue weighted by molar-refractivity contribution is -0.142. The van der Waals surface area contributed by atoms with Gasteiger partial charge in [0.05, 0.1) is 11.6 Å². The summed E-state index contributed by atoms with van der Waals surface area (Å²) in [5.41, 5.74) is 0.867. The quantitative estimate of drug-likeness (QED) is 0.867. The van der Waals surface area contributed by atoms with Gasteiger partial charge in [0.2, 0.25) is 5.95 Å². The normalized spacial score (nSPS) is 21.3. The van der Waals surface area contributed by atoms with E-state index in [1.165, 1.54) is 0 Å². The molecule has 1 aliphatic rings. The van der Waals surface area contributed by atoms with Crippen LogP contribution >= 0.6 is 0 Å². The fourth-order valence-electron chi connectivity index (χ4n) is 2.87. The van der Waals surface area contributed by atoms with Gasteiger partial charge in [0, 0.05) is 6.54 Å². The Bertz CT molecular complexity index is 613. The molecule has 2 unspecified atom stereocenters. The van der Waals surface area contributed by atoms with Gasteiger partial charge in [-0.1, -0.05) is 29.7 Å². The molecule has 0 spiro atoms. The number of rotatable bonds is 5. The van der Waals surface area contributed by atoms with Crippen LogP contribution in [-0.4, -0.2) is 37.8 Å². The maximum atomic E-state index is 11.2. The standard InChI is InChI=1S/C14H17N5O2/c20-13(21)12-8-4-5-10(12)9-15-14-16-17-18-19(14)11-6-2-1-3-7-11/h1-3,6-7,10,12H,4-5,8-9H2,(H,20,21)(H,15,16,18). The topological polar surface area (TPSA) is 92.9 Å². The maximum absolute atomic E-state index is 11.2. The number of aliphatic carboxylic acids is 1. The predicted molar refractivity (Wildman–Crippen MR) is 76.1 cm³/mol. The molecule has 1 aromatic heterocycles. The first-order valence-corrected chi connectivity index (χ1v) is 7.06. The van der Waals surface area contributed by atoms with E-state index in [0.717, 1.165) is 24.9 Å². The maximum Gasteiger partial charge on any atom is 0.306 e. The Kier molecular flexibility index (Phi) is 3.81. The smallest absolute Gasteiger partial charge is 0.306 e. The third kappa shape index (κ3) is 2.86. The highest BCUT2D eigenvalue weighted by Crippen LogP contribution is 2.32. The molecule has 0 aliphatic heterocycles. The number of hydrogen-bond acceptors (Lipinski definition) is 5. The van der Waals surface area contributed by atoms with Gasteiger partial charge in [-0.3, -0.25) is 4.79 Å². The number of para-hydroxylation sites is 1. The first kappa shape index (κ1) is 13.5. The van der Waals surface area contributed by atoms with Gasteiger partial charge in [-0.05, 0) is 41.3 Å². The third-order valence-electron chi connectivity index (χ3n) is 3.97. The molecule has 110 valence electrons. The highest BCUT2D eigenvalue weighted by molar-refractivity contribution is 5.70. The summed E-state index contributed by atoms with van der Waals surface area (Å²) < 4.78 is 1.62. The summed E-state index contributed by atoms with van der Waals surface area (Å²) in [4.78, 5) is 11.2. The van der Waals surface area contributed by atoms with E-state index in [4.69, 9.17) is 0 Å². The van der Waals surface area contributed by atoms with Gasteiger partial charge in [-0.15, -0.1) is 0 Å². The monoisotopic (exact) mass is 287 g/mol. The molecule has 0 radical (unpaired) electrons. The minimum Gasteiger partial charge on any atom is -0.481 e. The molecule has 1 fully saturated rings. The second-order valence-corrected chi connectivity index (χ2v) is 5.27. The van der Waals surface area contributed by atoms with Gasteiger partial charge < -0.3 is 10.4 Å². The van der Waals surface area contributed by atoms with Gasteiger partial charge in [0.15, 0.2) is 0 Å². The van der Waals surface area contributed by atoms with E-state index >= 15 is 0 Å². The molecule has 0 saturated heterocycles. The Hall–Kier alpha value is -2.44. The Balaban J connectivity index is 1.69. The lowest BCUT2D eigenvalue weighted by Gasteiger charge is -2.16. The van der Waals surface area contributed by atoms with Gasteiger partial charge in [-0.25, -0.2) is 0 Å². The molecule has 3 rings (SSSR count). The van der Waals surface area contributed by atoms with E-state index in [1.54, 1.807) is 4.68 Å². The molecule has 7 heteroatoms. The fourth-order valence-corrected chi connectivity index (χ4v) is 2.87. The summed E-state index contributed by atoms with van der Waals surface area (Å²) in [5, 5.41) is 24.0. The van der Waals surface area contributed by atoms with Crippen LogP contribution in [0.2, 0.25) is 0 Å². The molecule has 1 saturated carbocycles. The summed E-state index contributed by atoms with van der Waals surface area (Å²) >= 11 is 0. The van der Waals surface area contributed by atoms with Crippen molar-refractivity contribution in [3.63, 3.8) is 0 Å². The molecule has 1 aliphatic carbocycles. The minimum atomic E-state index is -0.707. The third-order valence-corrected chi connectivity index (χ3v) is 3.97. The number of nitrogens with zero attached hydrogens (tertiary/aromatic N) is 4. The van der Waals surface area contributed by atoms with E-state index in [2.05, 4.69) is 20.8 Å². The predicted octanol–water partition coefficient (Wildman–Crippen LogP) is 1.58. The van der Waals surface area contributed by atoms with E-state index < -0.39 is 5.97 Å². The molecule has 0 amide bonds. The molecule has 21 heavy (non-hydrogen) atoms. The van der Waals surface area contributed by atoms with E-state index in [0.29, 0.717) is 12.5 Å². The molecule has 1 heterocycles. The molecule has 7 nitrogen and oxygen atoms in total. The second-order valence-electron chi connectivity index (χ2n) is 5.27. The van der Waals surface area contributed by atoms with Crippen molar-refractivity contribution in [3.05, 3.63) is 30.3 Å². The van der Waals surface area contributed by atoms with Crippen molar-refractivity contribution < 1.29 is 9.90 Å². The Labute approximate surface area is 122 Å². The van der Waals surface area contributed by atoms with Crippen molar-refractivity contribution in [2.45, 2.75) is 19.3 Å². The van der Waals surface area contributed by atoms with Crippen LogP contribution in [0.25, 0.3) is 5.69 Å². The number of aromatic nitrogens is 4. The number of anilines is 1. The molecule has 2 N–H and O–H groups in total. The first-order valence-electron chi connectivity index (χ1n) is 7.06. The van der Waals surface area contributed by atoms with Gasteiger partial charge >= 0.3 is 5.97 Å². The zero-order chi connectivity index (χ0) is 14.7. The van der Waals surface area contributed by atoms with Crippen molar-refractivity contribution in [1.82, 2.24) is 20.2 Å².